The van der Waals surface area contributed by atoms with E-state index in [1.54, 1.807) is 0 Å². The maximum absolute atomic E-state index is 12.7. The van der Waals surface area contributed by atoms with E-state index in [4.69, 9.17) is 0 Å². The first-order valence-corrected chi connectivity index (χ1v) is 9.66. The molecule has 3 heterocycles. The van der Waals surface area contributed by atoms with Crippen LogP contribution in [0.1, 0.15) is 42.5 Å². The number of carbonyl (C=O) groups is 1. The first kappa shape index (κ1) is 17.2. The highest BCUT2D eigenvalue weighted by Crippen LogP contribution is 2.30. The number of fused-ring (bicyclic) bond motifs is 1. The summed E-state index contributed by atoms with van der Waals surface area (Å²) in [5.41, 5.74) is 1.22. The average Bonchev–Trinajstić information content (AvgIpc) is 3.20. The molecule has 1 saturated heterocycles. The van der Waals surface area contributed by atoms with Crippen molar-refractivity contribution in [3.05, 3.63) is 47.5 Å². The van der Waals surface area contributed by atoms with Gasteiger partial charge in [0.2, 0.25) is 5.91 Å². The predicted octanol–water partition coefficient (Wildman–Crippen LogP) is 2.06. The molecule has 1 atom stereocenters. The van der Waals surface area contributed by atoms with Crippen LogP contribution in [0.2, 0.25) is 0 Å². The average molecular weight is 353 g/mol. The lowest BCUT2D eigenvalue weighted by Crippen LogP contribution is -2.34. The lowest BCUT2D eigenvalue weighted by molar-refractivity contribution is -0.131. The van der Waals surface area contributed by atoms with Gasteiger partial charge in [0.1, 0.15) is 11.6 Å². The van der Waals surface area contributed by atoms with E-state index in [1.165, 1.54) is 12.0 Å². The van der Waals surface area contributed by atoms with E-state index in [1.807, 2.05) is 23.1 Å². The summed E-state index contributed by atoms with van der Waals surface area (Å²) in [5, 5.41) is 8.92. The number of hydrogen-bond donors (Lipinski definition) is 0. The van der Waals surface area contributed by atoms with E-state index in [0.717, 1.165) is 57.1 Å². The molecular weight excluding hydrogens is 326 g/mol. The Balaban J connectivity index is 1.39. The molecule has 6 heteroatoms. The molecule has 138 valence electrons. The normalized spacial score (nSPS) is 20.8. The Morgan fingerprint density at radius 2 is 1.96 bits per heavy atom. The highest BCUT2D eigenvalue weighted by Gasteiger charge is 2.30. The number of hydrogen-bond acceptors (Lipinski definition) is 4. The van der Waals surface area contributed by atoms with Gasteiger partial charge in [-0.1, -0.05) is 30.3 Å². The van der Waals surface area contributed by atoms with Gasteiger partial charge >= 0.3 is 0 Å². The summed E-state index contributed by atoms with van der Waals surface area (Å²) in [4.78, 5) is 17.0. The Morgan fingerprint density at radius 3 is 2.73 bits per heavy atom. The minimum Gasteiger partial charge on any atom is -0.340 e. The van der Waals surface area contributed by atoms with Crippen LogP contribution in [0, 0.1) is 0 Å². The third-order valence-corrected chi connectivity index (χ3v) is 5.70. The van der Waals surface area contributed by atoms with Crippen LogP contribution in [0.4, 0.5) is 0 Å². The summed E-state index contributed by atoms with van der Waals surface area (Å²) < 4.78 is 2.26. The van der Waals surface area contributed by atoms with Crippen molar-refractivity contribution >= 4 is 5.91 Å². The van der Waals surface area contributed by atoms with Gasteiger partial charge in [-0.15, -0.1) is 10.2 Å². The van der Waals surface area contributed by atoms with Gasteiger partial charge < -0.3 is 9.47 Å². The molecule has 0 aliphatic carbocycles. The molecule has 6 nitrogen and oxygen atoms in total. The third kappa shape index (κ3) is 3.51. The van der Waals surface area contributed by atoms with Gasteiger partial charge in [0.25, 0.3) is 0 Å². The molecule has 0 N–H and O–H groups in total. The van der Waals surface area contributed by atoms with Crippen molar-refractivity contribution in [3.8, 4) is 0 Å². The number of aryl methyl sites for hydroxylation is 1. The van der Waals surface area contributed by atoms with Crippen LogP contribution in [0.5, 0.6) is 0 Å². The minimum absolute atomic E-state index is 0.243. The van der Waals surface area contributed by atoms with E-state index < -0.39 is 0 Å². The summed E-state index contributed by atoms with van der Waals surface area (Å²) in [6, 6.07) is 10.6. The van der Waals surface area contributed by atoms with Gasteiger partial charge in [-0.2, -0.15) is 0 Å². The molecule has 2 aromatic rings. The van der Waals surface area contributed by atoms with Gasteiger partial charge in [-0.05, 0) is 38.4 Å². The van der Waals surface area contributed by atoms with Gasteiger partial charge in [0.15, 0.2) is 0 Å². The number of amides is 1. The van der Waals surface area contributed by atoms with Gasteiger partial charge in [0, 0.05) is 32.5 Å². The second-order valence-electron chi connectivity index (χ2n) is 7.38. The molecule has 1 unspecified atom stereocenters. The van der Waals surface area contributed by atoms with E-state index >= 15 is 0 Å². The summed E-state index contributed by atoms with van der Waals surface area (Å²) >= 11 is 0. The predicted molar refractivity (Wildman–Crippen MR) is 99.7 cm³/mol. The van der Waals surface area contributed by atoms with E-state index in [9.17, 15) is 4.79 Å². The monoisotopic (exact) mass is 353 g/mol. The minimum atomic E-state index is 0.243. The molecule has 1 aromatic heterocycles. The van der Waals surface area contributed by atoms with Crippen molar-refractivity contribution in [1.29, 1.82) is 0 Å². The zero-order valence-electron chi connectivity index (χ0n) is 15.5. The van der Waals surface area contributed by atoms with Crippen molar-refractivity contribution in [2.75, 3.05) is 26.7 Å². The first-order chi connectivity index (χ1) is 12.7. The SMILES string of the molecule is CN1CCCC1c1nnc2n1CCN(C(=O)CCc1ccccc1)CC2. The molecule has 1 aromatic carbocycles. The van der Waals surface area contributed by atoms with Crippen LogP contribution in [-0.4, -0.2) is 57.2 Å². The maximum atomic E-state index is 12.7. The lowest BCUT2D eigenvalue weighted by atomic mass is 10.1. The Hall–Kier alpha value is -2.21. The molecular formula is C20H27N5O. The molecule has 0 radical (unpaired) electrons. The summed E-state index contributed by atoms with van der Waals surface area (Å²) in [5.74, 6) is 2.35. The molecule has 1 amide bonds. The number of aromatic nitrogens is 3. The van der Waals surface area contributed by atoms with Gasteiger partial charge in [-0.3, -0.25) is 9.69 Å². The smallest absolute Gasteiger partial charge is 0.222 e. The second-order valence-corrected chi connectivity index (χ2v) is 7.38. The Morgan fingerprint density at radius 1 is 1.12 bits per heavy atom. The van der Waals surface area contributed by atoms with E-state index in [0.29, 0.717) is 12.5 Å². The number of benzene rings is 1. The highest BCUT2D eigenvalue weighted by molar-refractivity contribution is 5.76. The fourth-order valence-electron chi connectivity index (χ4n) is 4.13. The number of nitrogens with zero attached hydrogens (tertiary/aromatic N) is 5. The van der Waals surface area contributed by atoms with Crippen molar-refractivity contribution in [1.82, 2.24) is 24.6 Å². The van der Waals surface area contributed by atoms with Crippen LogP contribution in [0.25, 0.3) is 0 Å². The number of likely N-dealkylation sites (tertiary alicyclic amines) is 1. The highest BCUT2D eigenvalue weighted by atomic mass is 16.2. The summed E-state index contributed by atoms with van der Waals surface area (Å²) in [6.07, 6.45) is 4.53. The number of rotatable bonds is 4. The largest absolute Gasteiger partial charge is 0.340 e. The molecule has 0 bridgehead atoms. The Kier molecular flexibility index (Phi) is 5.02. The molecule has 4 rings (SSSR count). The van der Waals surface area contributed by atoms with Crippen LogP contribution < -0.4 is 0 Å². The van der Waals surface area contributed by atoms with Gasteiger partial charge in [0.05, 0.1) is 6.04 Å². The summed E-state index contributed by atoms with van der Waals surface area (Å²) in [7, 11) is 2.16. The standard InChI is InChI=1S/C20H27N5O/c1-23-12-5-8-17(23)20-22-21-18-11-13-24(14-15-25(18)20)19(26)10-9-16-6-3-2-4-7-16/h2-4,6-7,17H,5,8-15H2,1H3. The molecule has 26 heavy (non-hydrogen) atoms. The molecule has 2 aliphatic rings. The molecule has 0 spiro atoms. The van der Waals surface area contributed by atoms with Crippen LogP contribution in [0.3, 0.4) is 0 Å². The van der Waals surface area contributed by atoms with E-state index in [2.05, 4.69) is 38.8 Å². The van der Waals surface area contributed by atoms with Crippen molar-refractivity contribution in [2.45, 2.75) is 44.7 Å². The van der Waals surface area contributed by atoms with Gasteiger partial charge in [-0.25, -0.2) is 0 Å². The van der Waals surface area contributed by atoms with E-state index in [-0.39, 0.29) is 5.91 Å². The van der Waals surface area contributed by atoms with Crippen LogP contribution in [0.15, 0.2) is 30.3 Å². The second kappa shape index (κ2) is 7.58. The first-order valence-electron chi connectivity index (χ1n) is 9.66. The zero-order chi connectivity index (χ0) is 17.9. The zero-order valence-corrected chi connectivity index (χ0v) is 15.5. The van der Waals surface area contributed by atoms with Crippen LogP contribution >= 0.6 is 0 Å². The lowest BCUT2D eigenvalue weighted by Gasteiger charge is -2.22. The molecule has 2 aliphatic heterocycles. The summed E-state index contributed by atoms with van der Waals surface area (Å²) in [6.45, 7) is 3.42. The number of carbonyl (C=O) groups excluding carboxylic acids is 1. The fourth-order valence-corrected chi connectivity index (χ4v) is 4.13. The quantitative estimate of drug-likeness (QED) is 0.844. The van der Waals surface area contributed by atoms with Crippen molar-refractivity contribution in [3.63, 3.8) is 0 Å². The third-order valence-electron chi connectivity index (χ3n) is 5.70. The Bertz CT molecular complexity index is 757. The fraction of sp³-hybridized carbons (Fsp3) is 0.550. The molecule has 0 saturated carbocycles. The molecule has 1 fully saturated rings. The van der Waals surface area contributed by atoms with Crippen molar-refractivity contribution < 1.29 is 4.79 Å². The van der Waals surface area contributed by atoms with Crippen molar-refractivity contribution in [2.24, 2.45) is 0 Å². The topological polar surface area (TPSA) is 54.3 Å². The maximum Gasteiger partial charge on any atom is 0.222 e. The Labute approximate surface area is 154 Å². The van der Waals surface area contributed by atoms with Crippen LogP contribution in [-0.2, 0) is 24.2 Å².